The van der Waals surface area contributed by atoms with Crippen molar-refractivity contribution in [3.05, 3.63) is 30.1 Å². The number of benzene rings is 1. The molecule has 0 aliphatic rings. The molecule has 102 valence electrons. The zero-order valence-electron chi connectivity index (χ0n) is 10.8. The van der Waals surface area contributed by atoms with Gasteiger partial charge in [0, 0.05) is 19.7 Å². The molecule has 1 aromatic rings. The summed E-state index contributed by atoms with van der Waals surface area (Å²) in [6, 6.07) is 4.72. The zero-order valence-corrected chi connectivity index (χ0v) is 11.6. The molecule has 0 amide bonds. The van der Waals surface area contributed by atoms with Gasteiger partial charge in [-0.05, 0) is 25.1 Å². The SMILES string of the molecule is CCN(C(C)COC)S(=O)(=O)c1cccc(F)c1. The van der Waals surface area contributed by atoms with E-state index in [1.54, 1.807) is 13.8 Å². The second-order valence-corrected chi connectivity index (χ2v) is 5.86. The van der Waals surface area contributed by atoms with Crippen molar-refractivity contribution in [3.63, 3.8) is 0 Å². The van der Waals surface area contributed by atoms with Crippen LogP contribution in [0.5, 0.6) is 0 Å². The predicted molar refractivity (Wildman–Crippen MR) is 67.3 cm³/mol. The minimum absolute atomic E-state index is 0.0349. The van der Waals surface area contributed by atoms with Crippen LogP contribution in [0.4, 0.5) is 4.39 Å². The Morgan fingerprint density at radius 3 is 2.61 bits per heavy atom. The average molecular weight is 275 g/mol. The average Bonchev–Trinajstić information content (AvgIpc) is 2.30. The lowest BCUT2D eigenvalue weighted by Crippen LogP contribution is -2.40. The van der Waals surface area contributed by atoms with Gasteiger partial charge in [-0.25, -0.2) is 12.8 Å². The summed E-state index contributed by atoms with van der Waals surface area (Å²) in [7, 11) is -2.17. The number of hydrogen-bond acceptors (Lipinski definition) is 3. The first kappa shape index (κ1) is 15.1. The summed E-state index contributed by atoms with van der Waals surface area (Å²) in [5, 5.41) is 0. The van der Waals surface area contributed by atoms with E-state index in [1.165, 1.54) is 29.6 Å². The number of halogens is 1. The molecule has 0 heterocycles. The second-order valence-electron chi connectivity index (χ2n) is 3.97. The van der Waals surface area contributed by atoms with E-state index in [2.05, 4.69) is 0 Å². The van der Waals surface area contributed by atoms with Crippen molar-refractivity contribution in [1.29, 1.82) is 0 Å². The smallest absolute Gasteiger partial charge is 0.243 e. The van der Waals surface area contributed by atoms with Crippen molar-refractivity contribution in [3.8, 4) is 0 Å². The molecule has 4 nitrogen and oxygen atoms in total. The number of likely N-dealkylation sites (N-methyl/N-ethyl adjacent to an activating group) is 1. The Hall–Kier alpha value is -0.980. The van der Waals surface area contributed by atoms with E-state index in [-0.39, 0.29) is 10.9 Å². The molecule has 0 N–H and O–H groups in total. The van der Waals surface area contributed by atoms with E-state index in [9.17, 15) is 12.8 Å². The van der Waals surface area contributed by atoms with Crippen molar-refractivity contribution in [2.24, 2.45) is 0 Å². The highest BCUT2D eigenvalue weighted by atomic mass is 32.2. The molecular formula is C12H18FNO3S. The van der Waals surface area contributed by atoms with Crippen molar-refractivity contribution in [2.75, 3.05) is 20.3 Å². The van der Waals surface area contributed by atoms with Gasteiger partial charge in [-0.2, -0.15) is 4.31 Å². The normalized spacial score (nSPS) is 13.8. The van der Waals surface area contributed by atoms with E-state index in [1.807, 2.05) is 0 Å². The van der Waals surface area contributed by atoms with Crippen LogP contribution >= 0.6 is 0 Å². The third-order valence-corrected chi connectivity index (χ3v) is 4.70. The van der Waals surface area contributed by atoms with Crippen LogP contribution in [0.3, 0.4) is 0 Å². The topological polar surface area (TPSA) is 46.6 Å². The van der Waals surface area contributed by atoms with Crippen LogP contribution in [0.15, 0.2) is 29.2 Å². The minimum Gasteiger partial charge on any atom is -0.383 e. The Morgan fingerprint density at radius 2 is 2.11 bits per heavy atom. The molecule has 0 bridgehead atoms. The van der Waals surface area contributed by atoms with Crippen LogP contribution < -0.4 is 0 Å². The van der Waals surface area contributed by atoms with Crippen LogP contribution in [0, 0.1) is 5.82 Å². The summed E-state index contributed by atoms with van der Waals surface area (Å²) in [6.07, 6.45) is 0. The molecular weight excluding hydrogens is 257 g/mol. The summed E-state index contributed by atoms with van der Waals surface area (Å²) in [5.41, 5.74) is 0. The Morgan fingerprint density at radius 1 is 1.44 bits per heavy atom. The lowest BCUT2D eigenvalue weighted by molar-refractivity contribution is 0.142. The Kier molecular flexibility index (Phi) is 5.25. The fourth-order valence-corrected chi connectivity index (χ4v) is 3.46. The van der Waals surface area contributed by atoms with Gasteiger partial charge in [-0.3, -0.25) is 0 Å². The maximum Gasteiger partial charge on any atom is 0.243 e. The third kappa shape index (κ3) is 3.28. The van der Waals surface area contributed by atoms with E-state index in [0.29, 0.717) is 13.2 Å². The van der Waals surface area contributed by atoms with Gasteiger partial charge < -0.3 is 4.74 Å². The highest BCUT2D eigenvalue weighted by Gasteiger charge is 2.27. The molecule has 0 fully saturated rings. The standard InChI is InChI=1S/C12H18FNO3S/c1-4-14(10(2)9-17-3)18(15,16)12-7-5-6-11(13)8-12/h5-8,10H,4,9H2,1-3H3. The molecule has 1 rings (SSSR count). The lowest BCUT2D eigenvalue weighted by atomic mass is 10.3. The number of rotatable bonds is 6. The van der Waals surface area contributed by atoms with Gasteiger partial charge in [-0.1, -0.05) is 13.0 Å². The van der Waals surface area contributed by atoms with Gasteiger partial charge >= 0.3 is 0 Å². The van der Waals surface area contributed by atoms with E-state index in [0.717, 1.165) is 6.07 Å². The number of ether oxygens (including phenoxy) is 1. The van der Waals surface area contributed by atoms with E-state index in [4.69, 9.17) is 4.74 Å². The van der Waals surface area contributed by atoms with Crippen LogP contribution in [0.2, 0.25) is 0 Å². The van der Waals surface area contributed by atoms with Gasteiger partial charge in [0.25, 0.3) is 0 Å². The van der Waals surface area contributed by atoms with E-state index >= 15 is 0 Å². The Bertz CT molecular complexity index is 490. The molecule has 0 saturated heterocycles. The number of hydrogen-bond donors (Lipinski definition) is 0. The van der Waals surface area contributed by atoms with Crippen LogP contribution in [0.1, 0.15) is 13.8 Å². The molecule has 0 spiro atoms. The second kappa shape index (κ2) is 6.26. The molecule has 1 atom stereocenters. The summed E-state index contributed by atoms with van der Waals surface area (Å²) >= 11 is 0. The lowest BCUT2D eigenvalue weighted by Gasteiger charge is -2.26. The van der Waals surface area contributed by atoms with Gasteiger partial charge in [0.15, 0.2) is 0 Å². The highest BCUT2D eigenvalue weighted by Crippen LogP contribution is 2.18. The zero-order chi connectivity index (χ0) is 13.8. The molecule has 0 aliphatic carbocycles. The highest BCUT2D eigenvalue weighted by molar-refractivity contribution is 7.89. The molecule has 1 aromatic carbocycles. The van der Waals surface area contributed by atoms with Crippen molar-refractivity contribution >= 4 is 10.0 Å². The van der Waals surface area contributed by atoms with Crippen molar-refractivity contribution < 1.29 is 17.5 Å². The van der Waals surface area contributed by atoms with Gasteiger partial charge in [-0.15, -0.1) is 0 Å². The fourth-order valence-electron chi connectivity index (χ4n) is 1.81. The maximum absolute atomic E-state index is 13.1. The Balaban J connectivity index is 3.11. The van der Waals surface area contributed by atoms with Gasteiger partial charge in [0.05, 0.1) is 11.5 Å². The molecule has 6 heteroatoms. The summed E-state index contributed by atoms with van der Waals surface area (Å²) < 4.78 is 44.0. The largest absolute Gasteiger partial charge is 0.383 e. The first-order chi connectivity index (χ1) is 8.43. The molecule has 1 unspecified atom stereocenters. The van der Waals surface area contributed by atoms with Gasteiger partial charge in [0.1, 0.15) is 5.82 Å². The molecule has 0 radical (unpaired) electrons. The number of methoxy groups -OCH3 is 1. The Labute approximate surface area is 107 Å². The maximum atomic E-state index is 13.1. The quantitative estimate of drug-likeness (QED) is 0.796. The predicted octanol–water partition coefficient (Wildman–Crippen LogP) is 1.87. The third-order valence-electron chi connectivity index (χ3n) is 2.61. The van der Waals surface area contributed by atoms with E-state index < -0.39 is 15.8 Å². The minimum atomic E-state index is -3.68. The summed E-state index contributed by atoms with van der Waals surface area (Å²) in [4.78, 5) is -0.0349. The first-order valence-corrected chi connectivity index (χ1v) is 7.13. The molecule has 0 aromatic heterocycles. The monoisotopic (exact) mass is 275 g/mol. The molecule has 0 saturated carbocycles. The summed E-state index contributed by atoms with van der Waals surface area (Å²) in [6.45, 7) is 4.10. The van der Waals surface area contributed by atoms with Gasteiger partial charge in [0.2, 0.25) is 10.0 Å². The molecule has 0 aliphatic heterocycles. The fraction of sp³-hybridized carbons (Fsp3) is 0.500. The van der Waals surface area contributed by atoms with Crippen molar-refractivity contribution in [2.45, 2.75) is 24.8 Å². The van der Waals surface area contributed by atoms with Crippen LogP contribution in [-0.4, -0.2) is 39.0 Å². The van der Waals surface area contributed by atoms with Crippen LogP contribution in [0.25, 0.3) is 0 Å². The first-order valence-electron chi connectivity index (χ1n) is 5.69. The molecule has 18 heavy (non-hydrogen) atoms. The summed E-state index contributed by atoms with van der Waals surface area (Å²) in [5.74, 6) is -0.563. The number of sulfonamides is 1. The number of nitrogens with zero attached hydrogens (tertiary/aromatic N) is 1. The van der Waals surface area contributed by atoms with Crippen molar-refractivity contribution in [1.82, 2.24) is 4.31 Å². The van der Waals surface area contributed by atoms with Crippen LogP contribution in [-0.2, 0) is 14.8 Å².